The molecule has 0 aromatic carbocycles. The lowest BCUT2D eigenvalue weighted by Crippen LogP contribution is -2.24. The molecule has 1 heterocycles. The summed E-state index contributed by atoms with van der Waals surface area (Å²) in [5.41, 5.74) is 10.3. The third kappa shape index (κ3) is 5.13. The molecule has 0 aliphatic carbocycles. The first-order valence-corrected chi connectivity index (χ1v) is 4.33. The Morgan fingerprint density at radius 3 is 2.21 bits per heavy atom. The van der Waals surface area contributed by atoms with Crippen LogP contribution in [0.2, 0.25) is 0 Å². The van der Waals surface area contributed by atoms with Gasteiger partial charge in [-0.1, -0.05) is 0 Å². The van der Waals surface area contributed by atoms with Crippen molar-refractivity contribution in [1.82, 2.24) is 0 Å². The molecule has 1 atom stereocenters. The Kier molecular flexibility index (Phi) is 7.31. The average molecular weight is 206 g/mol. The first-order chi connectivity index (χ1) is 6.65. The fraction of sp³-hybridized carbons (Fsp3) is 0.875. The molecule has 1 aliphatic heterocycles. The standard InChI is InChI=1S/C4H7NO2.C4H11NO2/c5-3-1-2-7-4(3)6;1-6-4(3-5)7-2/h3H,1-2,5H2;4H,3,5H2,1-2H3. The SMILES string of the molecule is COC(CN)OC.NC1CCOC1=O. The molecule has 0 amide bonds. The average Bonchev–Trinajstić information content (AvgIpc) is 2.55. The van der Waals surface area contributed by atoms with Gasteiger partial charge in [-0.2, -0.15) is 0 Å². The highest BCUT2D eigenvalue weighted by molar-refractivity contribution is 5.77. The lowest BCUT2D eigenvalue weighted by molar-refractivity contribution is -0.139. The minimum absolute atomic E-state index is 0.236. The van der Waals surface area contributed by atoms with Gasteiger partial charge in [0.15, 0.2) is 6.29 Å². The van der Waals surface area contributed by atoms with E-state index in [2.05, 4.69) is 4.74 Å². The number of hydrogen-bond acceptors (Lipinski definition) is 6. The third-order valence-corrected chi connectivity index (χ3v) is 1.69. The second-order valence-corrected chi connectivity index (χ2v) is 2.70. The Bertz CT molecular complexity index is 156. The van der Waals surface area contributed by atoms with Gasteiger partial charge in [0, 0.05) is 27.2 Å². The first kappa shape index (κ1) is 13.3. The molecule has 1 fully saturated rings. The summed E-state index contributed by atoms with van der Waals surface area (Å²) in [5.74, 6) is -0.264. The van der Waals surface area contributed by atoms with Gasteiger partial charge in [-0.3, -0.25) is 4.79 Å². The van der Waals surface area contributed by atoms with E-state index < -0.39 is 0 Å². The maximum Gasteiger partial charge on any atom is 0.323 e. The van der Waals surface area contributed by atoms with Crippen LogP contribution in [0.25, 0.3) is 0 Å². The van der Waals surface area contributed by atoms with Gasteiger partial charge in [-0.25, -0.2) is 0 Å². The topological polar surface area (TPSA) is 96.8 Å². The van der Waals surface area contributed by atoms with Crippen molar-refractivity contribution in [2.75, 3.05) is 27.4 Å². The molecule has 1 unspecified atom stereocenters. The van der Waals surface area contributed by atoms with Crippen LogP contribution in [0.3, 0.4) is 0 Å². The Labute approximate surface area is 83.5 Å². The number of nitrogens with two attached hydrogens (primary N) is 2. The van der Waals surface area contributed by atoms with Gasteiger partial charge in [-0.05, 0) is 0 Å². The molecule has 0 aromatic heterocycles. The van der Waals surface area contributed by atoms with E-state index in [1.165, 1.54) is 0 Å². The second kappa shape index (κ2) is 7.69. The third-order valence-electron chi connectivity index (χ3n) is 1.69. The molecule has 1 rings (SSSR count). The molecule has 6 heteroatoms. The van der Waals surface area contributed by atoms with Crippen LogP contribution >= 0.6 is 0 Å². The van der Waals surface area contributed by atoms with E-state index in [1.807, 2.05) is 0 Å². The number of esters is 1. The van der Waals surface area contributed by atoms with E-state index in [1.54, 1.807) is 14.2 Å². The quantitative estimate of drug-likeness (QED) is 0.446. The van der Waals surface area contributed by atoms with Gasteiger partial charge in [0.05, 0.1) is 6.61 Å². The van der Waals surface area contributed by atoms with Crippen molar-refractivity contribution in [3.8, 4) is 0 Å². The van der Waals surface area contributed by atoms with Gasteiger partial charge in [0.1, 0.15) is 6.04 Å². The number of ether oxygens (including phenoxy) is 3. The van der Waals surface area contributed by atoms with Crippen molar-refractivity contribution in [2.45, 2.75) is 18.8 Å². The highest BCUT2D eigenvalue weighted by Gasteiger charge is 2.20. The number of hydrogen-bond donors (Lipinski definition) is 2. The fourth-order valence-electron chi connectivity index (χ4n) is 0.800. The van der Waals surface area contributed by atoms with Crippen LogP contribution in [-0.4, -0.2) is 45.7 Å². The van der Waals surface area contributed by atoms with E-state index in [4.69, 9.17) is 20.9 Å². The maximum absolute atomic E-state index is 10.2. The summed E-state index contributed by atoms with van der Waals surface area (Å²) in [5, 5.41) is 0. The van der Waals surface area contributed by atoms with Crippen LogP contribution in [-0.2, 0) is 19.0 Å². The van der Waals surface area contributed by atoms with E-state index in [0.29, 0.717) is 19.6 Å². The molecular formula is C8H18N2O4. The first-order valence-electron chi connectivity index (χ1n) is 4.33. The van der Waals surface area contributed by atoms with Crippen molar-refractivity contribution >= 4 is 5.97 Å². The molecule has 4 N–H and O–H groups in total. The van der Waals surface area contributed by atoms with Crippen LogP contribution in [0.15, 0.2) is 0 Å². The summed E-state index contributed by atoms with van der Waals surface area (Å²) in [6, 6.07) is -0.347. The molecule has 1 aliphatic rings. The van der Waals surface area contributed by atoms with Gasteiger partial charge in [0.2, 0.25) is 0 Å². The second-order valence-electron chi connectivity index (χ2n) is 2.70. The number of cyclic esters (lactones) is 1. The van der Waals surface area contributed by atoms with Gasteiger partial charge in [-0.15, -0.1) is 0 Å². The van der Waals surface area contributed by atoms with Gasteiger partial charge < -0.3 is 25.7 Å². The molecule has 14 heavy (non-hydrogen) atoms. The van der Waals surface area contributed by atoms with E-state index in [0.717, 1.165) is 0 Å². The largest absolute Gasteiger partial charge is 0.464 e. The summed E-state index contributed by atoms with van der Waals surface area (Å²) in [7, 11) is 3.11. The molecular weight excluding hydrogens is 188 g/mol. The van der Waals surface area contributed by atoms with Crippen molar-refractivity contribution in [3.63, 3.8) is 0 Å². The predicted octanol–water partition coefficient (Wildman–Crippen LogP) is -1.18. The summed E-state index contributed by atoms with van der Waals surface area (Å²) < 4.78 is 13.9. The van der Waals surface area contributed by atoms with Crippen LogP contribution in [0.5, 0.6) is 0 Å². The fourth-order valence-corrected chi connectivity index (χ4v) is 0.800. The molecule has 0 aromatic rings. The van der Waals surface area contributed by atoms with Gasteiger partial charge in [0.25, 0.3) is 0 Å². The van der Waals surface area contributed by atoms with Gasteiger partial charge >= 0.3 is 5.97 Å². The normalized spacial score (nSPS) is 20.4. The zero-order valence-electron chi connectivity index (χ0n) is 8.56. The number of rotatable bonds is 3. The Morgan fingerprint density at radius 1 is 1.57 bits per heavy atom. The Morgan fingerprint density at radius 2 is 2.14 bits per heavy atom. The minimum Gasteiger partial charge on any atom is -0.464 e. The number of carbonyl (C=O) groups excluding carboxylic acids is 1. The lowest BCUT2D eigenvalue weighted by Gasteiger charge is -2.08. The highest BCUT2D eigenvalue weighted by atomic mass is 16.7. The van der Waals surface area contributed by atoms with Crippen molar-refractivity contribution in [2.24, 2.45) is 11.5 Å². The molecule has 0 radical (unpaired) electrons. The van der Waals surface area contributed by atoms with Crippen molar-refractivity contribution in [1.29, 1.82) is 0 Å². The van der Waals surface area contributed by atoms with E-state index in [-0.39, 0.29) is 18.3 Å². The number of carbonyl (C=O) groups is 1. The Hall–Kier alpha value is -0.690. The smallest absolute Gasteiger partial charge is 0.323 e. The molecule has 0 saturated carbocycles. The van der Waals surface area contributed by atoms with Crippen molar-refractivity contribution in [3.05, 3.63) is 0 Å². The van der Waals surface area contributed by atoms with Crippen LogP contribution in [0.4, 0.5) is 0 Å². The van der Waals surface area contributed by atoms with Crippen LogP contribution in [0, 0.1) is 0 Å². The van der Waals surface area contributed by atoms with Crippen molar-refractivity contribution < 1.29 is 19.0 Å². The summed E-state index contributed by atoms with van der Waals surface area (Å²) in [4.78, 5) is 10.2. The van der Waals surface area contributed by atoms with Crippen LogP contribution < -0.4 is 11.5 Å². The summed E-state index contributed by atoms with van der Waals surface area (Å²) in [6.07, 6.45) is 0.443. The van der Waals surface area contributed by atoms with E-state index in [9.17, 15) is 4.79 Å². The molecule has 0 bridgehead atoms. The minimum atomic E-state index is -0.347. The molecule has 1 saturated heterocycles. The maximum atomic E-state index is 10.2. The van der Waals surface area contributed by atoms with Crippen LogP contribution in [0.1, 0.15) is 6.42 Å². The monoisotopic (exact) mass is 206 g/mol. The Balaban J connectivity index is 0.000000241. The summed E-state index contributed by atoms with van der Waals surface area (Å²) >= 11 is 0. The van der Waals surface area contributed by atoms with E-state index >= 15 is 0 Å². The highest BCUT2D eigenvalue weighted by Crippen LogP contribution is 2.00. The predicted molar refractivity (Wildman–Crippen MR) is 50.4 cm³/mol. The zero-order chi connectivity index (χ0) is 11.0. The molecule has 6 nitrogen and oxygen atoms in total. The molecule has 84 valence electrons. The molecule has 0 spiro atoms. The summed E-state index contributed by atoms with van der Waals surface area (Å²) in [6.45, 7) is 0.910. The zero-order valence-corrected chi connectivity index (χ0v) is 8.56. The number of methoxy groups -OCH3 is 2. The lowest BCUT2D eigenvalue weighted by atomic mass is 10.3.